The lowest BCUT2D eigenvalue weighted by Crippen LogP contribution is -2.45. The maximum absolute atomic E-state index is 12.8. The maximum atomic E-state index is 12.8. The molecule has 0 aliphatic carbocycles. The van der Waals surface area contributed by atoms with E-state index in [-0.39, 0.29) is 17.3 Å². The molecule has 186 valence electrons. The van der Waals surface area contributed by atoms with Gasteiger partial charge in [0.15, 0.2) is 0 Å². The van der Waals surface area contributed by atoms with E-state index in [1.54, 1.807) is 25.3 Å². The topological polar surface area (TPSA) is 109 Å². The first-order valence-electron chi connectivity index (χ1n) is 11.6. The van der Waals surface area contributed by atoms with Gasteiger partial charge in [-0.15, -0.1) is 0 Å². The molecule has 10 heteroatoms. The van der Waals surface area contributed by atoms with Crippen LogP contribution in [-0.4, -0.2) is 62.6 Å². The number of hydrogen-bond acceptors (Lipinski definition) is 9. The van der Waals surface area contributed by atoms with Crippen LogP contribution in [0.25, 0.3) is 0 Å². The summed E-state index contributed by atoms with van der Waals surface area (Å²) in [6, 6.07) is 7.57. The molecule has 1 saturated heterocycles. The van der Waals surface area contributed by atoms with Crippen molar-refractivity contribution < 1.29 is 19.0 Å². The first kappa shape index (κ1) is 25.1. The molecule has 0 saturated carbocycles. The van der Waals surface area contributed by atoms with Crippen LogP contribution in [0.1, 0.15) is 30.5 Å². The number of piperazine rings is 1. The first-order valence-corrected chi connectivity index (χ1v) is 12.5. The number of benzene rings is 1. The van der Waals surface area contributed by atoms with E-state index in [0.717, 1.165) is 43.1 Å². The Morgan fingerprint density at radius 3 is 2.74 bits per heavy atom. The highest BCUT2D eigenvalue weighted by Crippen LogP contribution is 2.39. The fraction of sp³-hybridized carbons (Fsp3) is 0.480. The van der Waals surface area contributed by atoms with Crippen molar-refractivity contribution in [2.75, 3.05) is 56.4 Å². The zero-order valence-corrected chi connectivity index (χ0v) is 21.4. The molecule has 0 bridgehead atoms. The molecule has 2 N–H and O–H groups in total. The molecular weight excluding hydrogens is 466 g/mol. The second-order valence-corrected chi connectivity index (χ2v) is 10.0. The predicted octanol–water partition coefficient (Wildman–Crippen LogP) is 2.96. The van der Waals surface area contributed by atoms with Crippen molar-refractivity contribution in [2.45, 2.75) is 37.5 Å². The Kier molecular flexibility index (Phi) is 7.69. The molecule has 0 unspecified atom stereocenters. The van der Waals surface area contributed by atoms with Crippen molar-refractivity contribution in [3.05, 3.63) is 34.9 Å². The number of ether oxygens (including phenoxy) is 3. The van der Waals surface area contributed by atoms with Gasteiger partial charge in [-0.25, -0.2) is 4.98 Å². The van der Waals surface area contributed by atoms with Crippen LogP contribution in [0.2, 0.25) is 0 Å². The van der Waals surface area contributed by atoms with Crippen molar-refractivity contribution in [3.8, 4) is 17.6 Å². The fourth-order valence-electron chi connectivity index (χ4n) is 4.31. The number of carbonyl (C=O) groups is 1. The van der Waals surface area contributed by atoms with Crippen LogP contribution in [0.4, 0.5) is 11.5 Å². The number of methoxy groups -OCH3 is 2. The molecular formula is C25H31N5O4S. The monoisotopic (exact) mass is 497 g/mol. The summed E-state index contributed by atoms with van der Waals surface area (Å²) in [4.78, 5) is 20.0. The average molecular weight is 498 g/mol. The molecule has 0 radical (unpaired) electrons. The number of thioether (sulfide) groups is 1. The molecule has 2 aromatic rings. The molecule has 0 atom stereocenters. The van der Waals surface area contributed by atoms with Crippen LogP contribution in [0.15, 0.2) is 23.2 Å². The normalized spacial score (nSPS) is 16.7. The Balaban J connectivity index is 1.59. The number of rotatable bonds is 7. The van der Waals surface area contributed by atoms with Gasteiger partial charge >= 0.3 is 0 Å². The van der Waals surface area contributed by atoms with E-state index in [2.05, 4.69) is 21.6 Å². The smallest absolute Gasteiger partial charge is 0.234 e. The van der Waals surface area contributed by atoms with Gasteiger partial charge in [0.05, 0.1) is 43.4 Å². The second kappa shape index (κ2) is 10.7. The predicted molar refractivity (Wildman–Crippen MR) is 136 cm³/mol. The molecule has 1 fully saturated rings. The Labute approximate surface area is 210 Å². The Morgan fingerprint density at radius 1 is 1.29 bits per heavy atom. The van der Waals surface area contributed by atoms with Crippen molar-refractivity contribution in [1.29, 1.82) is 5.26 Å². The summed E-state index contributed by atoms with van der Waals surface area (Å²) in [7, 11) is 3.11. The number of nitrogens with zero attached hydrogens (tertiary/aromatic N) is 3. The number of anilines is 2. The molecule has 1 aromatic carbocycles. The quantitative estimate of drug-likeness (QED) is 0.558. The third-order valence-electron chi connectivity index (χ3n) is 6.12. The molecule has 3 heterocycles. The highest BCUT2D eigenvalue weighted by atomic mass is 32.2. The number of nitrogens with one attached hydrogen (secondary N) is 2. The Morgan fingerprint density at radius 2 is 2.06 bits per heavy atom. The minimum absolute atomic E-state index is 0.108. The van der Waals surface area contributed by atoms with Gasteiger partial charge in [-0.3, -0.25) is 4.79 Å². The number of pyridine rings is 1. The molecule has 1 amide bonds. The Hall–Kier alpha value is -3.00. The average Bonchev–Trinajstić information content (AvgIpc) is 2.86. The summed E-state index contributed by atoms with van der Waals surface area (Å²) >= 11 is 1.28. The number of carbonyl (C=O) groups excluding carboxylic acids is 1. The van der Waals surface area contributed by atoms with E-state index in [4.69, 9.17) is 19.2 Å². The number of hydrogen-bond donors (Lipinski definition) is 2. The lowest BCUT2D eigenvalue weighted by atomic mass is 9.89. The SMILES string of the molecule is COc1ccc(NC(=O)CSc2nc(N3CCNCC3)c3c(c2C#N)CC(C)(C)OC3)c(OC)c1. The first-order chi connectivity index (χ1) is 16.8. The maximum Gasteiger partial charge on any atom is 0.234 e. The molecule has 0 spiro atoms. The fourth-order valence-corrected chi connectivity index (χ4v) is 5.11. The highest BCUT2D eigenvalue weighted by molar-refractivity contribution is 8.00. The van der Waals surface area contributed by atoms with E-state index < -0.39 is 0 Å². The molecule has 2 aliphatic heterocycles. The number of nitriles is 1. The molecule has 2 aliphatic rings. The number of amides is 1. The molecule has 4 rings (SSSR count). The minimum atomic E-state index is -0.370. The third kappa shape index (κ3) is 5.64. The van der Waals surface area contributed by atoms with Crippen LogP contribution in [0.5, 0.6) is 11.5 Å². The van der Waals surface area contributed by atoms with E-state index in [9.17, 15) is 10.1 Å². The zero-order valence-electron chi connectivity index (χ0n) is 20.6. The number of aromatic nitrogens is 1. The summed E-state index contributed by atoms with van der Waals surface area (Å²) in [6.45, 7) is 7.89. The zero-order chi connectivity index (χ0) is 25.0. The molecule has 35 heavy (non-hydrogen) atoms. The number of fused-ring (bicyclic) bond motifs is 1. The summed E-state index contributed by atoms with van der Waals surface area (Å²) in [5.41, 5.74) is 2.69. The summed E-state index contributed by atoms with van der Waals surface area (Å²) in [5, 5.41) is 16.9. The Bertz CT molecular complexity index is 1140. The second-order valence-electron chi connectivity index (χ2n) is 9.05. The lowest BCUT2D eigenvalue weighted by molar-refractivity contribution is -0.113. The van der Waals surface area contributed by atoms with Gasteiger partial charge in [0.1, 0.15) is 28.4 Å². The van der Waals surface area contributed by atoms with E-state index >= 15 is 0 Å². The summed E-state index contributed by atoms with van der Waals surface area (Å²) in [6.07, 6.45) is 0.621. The van der Waals surface area contributed by atoms with E-state index in [0.29, 0.717) is 40.8 Å². The van der Waals surface area contributed by atoms with E-state index in [1.165, 1.54) is 18.9 Å². The standard InChI is InChI=1S/C25H31N5O4S/c1-25(2)12-17-18(13-26)24(29-23(19(17)14-34-25)30-9-7-27-8-10-30)35-15-22(31)28-20-6-5-16(32-3)11-21(20)33-4/h5-6,11,27H,7-10,12,14-15H2,1-4H3,(H,28,31). The van der Waals surface area contributed by atoms with Gasteiger partial charge in [-0.2, -0.15) is 5.26 Å². The van der Waals surface area contributed by atoms with Crippen molar-refractivity contribution in [1.82, 2.24) is 10.3 Å². The van der Waals surface area contributed by atoms with Gasteiger partial charge in [-0.1, -0.05) is 11.8 Å². The minimum Gasteiger partial charge on any atom is -0.497 e. The summed E-state index contributed by atoms with van der Waals surface area (Å²) in [5.74, 6) is 1.90. The van der Waals surface area contributed by atoms with Crippen LogP contribution in [0.3, 0.4) is 0 Å². The van der Waals surface area contributed by atoms with Crippen molar-refractivity contribution >= 4 is 29.2 Å². The van der Waals surface area contributed by atoms with Crippen LogP contribution in [-0.2, 0) is 22.6 Å². The lowest BCUT2D eigenvalue weighted by Gasteiger charge is -2.37. The molecule has 1 aromatic heterocycles. The largest absolute Gasteiger partial charge is 0.497 e. The van der Waals surface area contributed by atoms with Gasteiger partial charge in [0.2, 0.25) is 5.91 Å². The van der Waals surface area contributed by atoms with Crippen molar-refractivity contribution in [2.24, 2.45) is 0 Å². The van der Waals surface area contributed by atoms with Gasteiger partial charge in [0, 0.05) is 44.2 Å². The van der Waals surface area contributed by atoms with E-state index in [1.807, 2.05) is 13.8 Å². The van der Waals surface area contributed by atoms with Crippen LogP contribution in [0, 0.1) is 11.3 Å². The third-order valence-corrected chi connectivity index (χ3v) is 7.09. The molecule has 9 nitrogen and oxygen atoms in total. The summed E-state index contributed by atoms with van der Waals surface area (Å²) < 4.78 is 16.7. The van der Waals surface area contributed by atoms with Gasteiger partial charge in [-0.05, 0) is 31.5 Å². The highest BCUT2D eigenvalue weighted by Gasteiger charge is 2.33. The van der Waals surface area contributed by atoms with Crippen LogP contribution < -0.4 is 25.0 Å². The van der Waals surface area contributed by atoms with Gasteiger partial charge in [0.25, 0.3) is 0 Å². The van der Waals surface area contributed by atoms with Crippen molar-refractivity contribution in [3.63, 3.8) is 0 Å². The van der Waals surface area contributed by atoms with Crippen LogP contribution >= 0.6 is 11.8 Å². The van der Waals surface area contributed by atoms with Gasteiger partial charge < -0.3 is 29.7 Å².